The molecule has 11 heteroatoms. The minimum atomic E-state index is -1.01. The smallest absolute Gasteiger partial charge is 0.335 e. The summed E-state index contributed by atoms with van der Waals surface area (Å²) < 4.78 is 12.2. The lowest BCUT2D eigenvalue weighted by molar-refractivity contribution is 0.0696. The molecule has 1 unspecified atom stereocenters. The van der Waals surface area contributed by atoms with Crippen molar-refractivity contribution < 1.29 is 19.4 Å². The summed E-state index contributed by atoms with van der Waals surface area (Å²) in [6.45, 7) is 10.9. The Balaban J connectivity index is 1.38. The first-order chi connectivity index (χ1) is 23.8. The predicted octanol–water partition coefficient (Wildman–Crippen LogP) is 9.01. The molecule has 50 heavy (non-hydrogen) atoms. The molecular formula is C39H39Cl2N5O4. The van der Waals surface area contributed by atoms with Crippen molar-refractivity contribution in [1.29, 1.82) is 0 Å². The molecule has 0 aliphatic carbocycles. The van der Waals surface area contributed by atoms with Crippen molar-refractivity contribution in [2.75, 3.05) is 18.1 Å². The van der Waals surface area contributed by atoms with Crippen molar-refractivity contribution in [3.05, 3.63) is 98.0 Å². The van der Waals surface area contributed by atoms with Gasteiger partial charge in [0.25, 0.3) is 5.91 Å². The third-order valence-electron chi connectivity index (χ3n) is 10.1. The molecule has 1 aliphatic rings. The van der Waals surface area contributed by atoms with Crippen LogP contribution in [0.4, 0.5) is 5.69 Å². The fourth-order valence-electron chi connectivity index (χ4n) is 7.66. The topological polar surface area (TPSA) is 94.5 Å². The van der Waals surface area contributed by atoms with Gasteiger partial charge in [-0.2, -0.15) is 5.10 Å². The minimum absolute atomic E-state index is 0.136. The molecule has 0 radical (unpaired) electrons. The zero-order valence-corrected chi connectivity index (χ0v) is 30.7. The molecule has 1 amide bonds. The number of carboxylic acids is 1. The molecular weight excluding hydrogens is 673 g/mol. The molecule has 1 aliphatic heterocycles. The number of anilines is 1. The fourth-order valence-corrected chi connectivity index (χ4v) is 8.01. The summed E-state index contributed by atoms with van der Waals surface area (Å²) >= 11 is 13.5. The fraction of sp³-hybridized carbons (Fsp3) is 0.308. The van der Waals surface area contributed by atoms with Crippen molar-refractivity contribution in [3.63, 3.8) is 0 Å². The van der Waals surface area contributed by atoms with Crippen LogP contribution in [0.15, 0.2) is 48.7 Å². The Morgan fingerprint density at radius 3 is 2.38 bits per heavy atom. The lowest BCUT2D eigenvalue weighted by Gasteiger charge is -2.34. The number of ether oxygens (including phenoxy) is 1. The van der Waals surface area contributed by atoms with Crippen molar-refractivity contribution in [2.45, 2.75) is 53.5 Å². The van der Waals surface area contributed by atoms with Gasteiger partial charge in [-0.15, -0.1) is 0 Å². The summed E-state index contributed by atoms with van der Waals surface area (Å²) in [4.78, 5) is 28.7. The van der Waals surface area contributed by atoms with Crippen LogP contribution in [0.1, 0.15) is 68.3 Å². The lowest BCUT2D eigenvalue weighted by Crippen LogP contribution is -2.42. The molecule has 9 nitrogen and oxygen atoms in total. The summed E-state index contributed by atoms with van der Waals surface area (Å²) in [5.41, 5.74) is 9.74. The largest absolute Gasteiger partial charge is 0.494 e. The Morgan fingerprint density at radius 2 is 1.72 bits per heavy atom. The summed E-state index contributed by atoms with van der Waals surface area (Å²) in [7, 11) is 3.83. The Hall–Kier alpha value is -4.73. The second-order valence-corrected chi connectivity index (χ2v) is 14.2. The van der Waals surface area contributed by atoms with Crippen molar-refractivity contribution in [2.24, 2.45) is 14.1 Å². The number of carbonyl (C=O) groups excluding carboxylic acids is 1. The number of aromatic carboxylic acids is 1. The van der Waals surface area contributed by atoms with E-state index in [1.165, 1.54) is 0 Å². The molecule has 1 N–H and O–H groups in total. The van der Waals surface area contributed by atoms with Gasteiger partial charge in [0.05, 0.1) is 34.1 Å². The van der Waals surface area contributed by atoms with E-state index in [1.54, 1.807) is 23.1 Å². The molecule has 0 saturated carbocycles. The van der Waals surface area contributed by atoms with Crippen LogP contribution < -0.4 is 9.64 Å². The Kier molecular flexibility index (Phi) is 8.47. The monoisotopic (exact) mass is 711 g/mol. The number of benzene rings is 3. The molecule has 0 fully saturated rings. The van der Waals surface area contributed by atoms with Gasteiger partial charge in [-0.25, -0.2) is 4.79 Å². The second kappa shape index (κ2) is 12.5. The molecule has 1 atom stereocenters. The first-order valence-corrected chi connectivity index (χ1v) is 17.4. The van der Waals surface area contributed by atoms with Crippen LogP contribution >= 0.6 is 23.2 Å². The highest BCUT2D eigenvalue weighted by Crippen LogP contribution is 2.45. The van der Waals surface area contributed by atoms with Gasteiger partial charge in [0.1, 0.15) is 11.4 Å². The maximum absolute atomic E-state index is 14.9. The number of fused-ring (bicyclic) bond motifs is 4. The molecule has 0 saturated heterocycles. The molecule has 4 heterocycles. The van der Waals surface area contributed by atoms with E-state index in [-0.39, 0.29) is 17.5 Å². The standard InChI is InChI=1S/C39H39Cl2N5O4/c1-20-15-26(16-21(2)35(20)41)50-14-8-9-27-28-11-12-30(40)34(33-23(4)42-44(7)24(33)5)36(28)46-22(3)18-45(38(47)37(27)46)32-19-43(6)31-13-10-25(39(48)49)17-29(31)32/h10-13,15-17,19,22H,8-9,14,18H2,1-7H3,(H,48,49). The van der Waals surface area contributed by atoms with E-state index >= 15 is 0 Å². The van der Waals surface area contributed by atoms with Crippen molar-refractivity contribution in [3.8, 4) is 16.9 Å². The normalized spacial score (nSPS) is 14.6. The SMILES string of the molecule is Cc1cc(OCCCc2c3n(c4c(-c5c(C)nn(C)c5C)c(Cl)ccc24)C(C)CN(c2cn(C)c4ccc(C(=O)O)cc24)C3=O)cc(C)c1Cl. The first-order valence-electron chi connectivity index (χ1n) is 16.7. The molecule has 0 spiro atoms. The van der Waals surface area contributed by atoms with Crippen LogP contribution in [0.5, 0.6) is 5.75 Å². The molecule has 6 aromatic rings. The summed E-state index contributed by atoms with van der Waals surface area (Å²) in [5.74, 6) is -0.398. The van der Waals surface area contributed by atoms with E-state index in [4.69, 9.17) is 33.0 Å². The van der Waals surface area contributed by atoms with E-state index in [9.17, 15) is 14.7 Å². The average Bonchev–Trinajstić information content (AvgIpc) is 3.67. The Morgan fingerprint density at radius 1 is 1.00 bits per heavy atom. The summed E-state index contributed by atoms with van der Waals surface area (Å²) in [6.07, 6.45) is 3.16. The van der Waals surface area contributed by atoms with Gasteiger partial charge in [0.15, 0.2) is 0 Å². The maximum atomic E-state index is 14.9. The molecule has 3 aromatic carbocycles. The van der Waals surface area contributed by atoms with Gasteiger partial charge >= 0.3 is 5.97 Å². The van der Waals surface area contributed by atoms with Crippen molar-refractivity contribution in [1.82, 2.24) is 18.9 Å². The van der Waals surface area contributed by atoms with E-state index in [1.807, 2.05) is 81.5 Å². The number of hydrogen-bond donors (Lipinski definition) is 1. The second-order valence-electron chi connectivity index (χ2n) is 13.4. The van der Waals surface area contributed by atoms with Gasteiger partial charge in [-0.3, -0.25) is 9.48 Å². The summed E-state index contributed by atoms with van der Waals surface area (Å²) in [5, 5.41) is 17.5. The quantitative estimate of drug-likeness (QED) is 0.159. The van der Waals surface area contributed by atoms with E-state index < -0.39 is 5.97 Å². The highest BCUT2D eigenvalue weighted by atomic mass is 35.5. The molecule has 258 valence electrons. The zero-order chi connectivity index (χ0) is 35.8. The zero-order valence-electron chi connectivity index (χ0n) is 29.2. The number of amides is 1. The highest BCUT2D eigenvalue weighted by molar-refractivity contribution is 6.35. The van der Waals surface area contributed by atoms with Crippen LogP contribution in [0, 0.1) is 27.7 Å². The minimum Gasteiger partial charge on any atom is -0.494 e. The number of halogens is 2. The van der Waals surface area contributed by atoms with Crippen LogP contribution in [0.25, 0.3) is 32.9 Å². The maximum Gasteiger partial charge on any atom is 0.335 e. The number of carbonyl (C=O) groups is 2. The van der Waals surface area contributed by atoms with Gasteiger partial charge in [0, 0.05) is 71.0 Å². The molecule has 0 bridgehead atoms. The third kappa shape index (κ3) is 5.34. The van der Waals surface area contributed by atoms with Crippen LogP contribution in [-0.4, -0.2) is 49.0 Å². The van der Waals surface area contributed by atoms with Crippen LogP contribution in [0.3, 0.4) is 0 Å². The Bertz CT molecular complexity index is 2360. The number of hydrogen-bond acceptors (Lipinski definition) is 4. The highest BCUT2D eigenvalue weighted by Gasteiger charge is 2.37. The third-order valence-corrected chi connectivity index (χ3v) is 11.0. The van der Waals surface area contributed by atoms with Crippen LogP contribution in [-0.2, 0) is 20.5 Å². The van der Waals surface area contributed by atoms with E-state index in [0.717, 1.165) is 66.4 Å². The first kappa shape index (κ1) is 33.8. The van der Waals surface area contributed by atoms with Gasteiger partial charge < -0.3 is 23.9 Å². The number of aromatic nitrogens is 4. The van der Waals surface area contributed by atoms with Gasteiger partial charge in [-0.05, 0) is 101 Å². The lowest BCUT2D eigenvalue weighted by atomic mass is 9.98. The van der Waals surface area contributed by atoms with E-state index in [0.29, 0.717) is 47.8 Å². The van der Waals surface area contributed by atoms with Crippen molar-refractivity contribution >= 4 is 62.6 Å². The number of carboxylic acid groups (broad SMARTS) is 1. The number of rotatable bonds is 8. The Labute approximate surface area is 300 Å². The van der Waals surface area contributed by atoms with Gasteiger partial charge in [0.2, 0.25) is 0 Å². The number of aryl methyl sites for hydroxylation is 6. The molecule has 3 aromatic heterocycles. The van der Waals surface area contributed by atoms with Crippen LogP contribution in [0.2, 0.25) is 10.0 Å². The predicted molar refractivity (Wildman–Crippen MR) is 200 cm³/mol. The average molecular weight is 713 g/mol. The summed E-state index contributed by atoms with van der Waals surface area (Å²) in [6, 6.07) is 12.7. The van der Waals surface area contributed by atoms with Gasteiger partial charge in [-0.1, -0.05) is 29.3 Å². The molecule has 7 rings (SSSR count). The number of nitrogens with zero attached hydrogens (tertiary/aromatic N) is 5. The van der Waals surface area contributed by atoms with E-state index in [2.05, 4.69) is 11.5 Å².